The molecule has 1 aromatic rings. The maximum absolute atomic E-state index is 12.2. The lowest BCUT2D eigenvalue weighted by atomic mass is 10.2. The van der Waals surface area contributed by atoms with E-state index in [9.17, 15) is 4.79 Å². The molecule has 0 saturated carbocycles. The van der Waals surface area contributed by atoms with E-state index < -0.39 is 0 Å². The fourth-order valence-electron chi connectivity index (χ4n) is 2.37. The second-order valence-electron chi connectivity index (χ2n) is 5.60. The molecule has 0 bridgehead atoms. The van der Waals surface area contributed by atoms with Crippen molar-refractivity contribution in [1.29, 1.82) is 0 Å². The molecule has 0 radical (unpaired) electrons. The number of likely N-dealkylation sites (N-methyl/N-ethyl adjacent to an activating group) is 1. The number of guanidine groups is 1. The summed E-state index contributed by atoms with van der Waals surface area (Å²) in [5, 5.41) is 6.39. The van der Waals surface area contributed by atoms with E-state index in [0.29, 0.717) is 18.5 Å². The average molecular weight is 443 g/mol. The van der Waals surface area contributed by atoms with Crippen molar-refractivity contribution in [2.75, 3.05) is 27.2 Å². The number of carbonyl (C=O) groups is 1. The van der Waals surface area contributed by atoms with Crippen molar-refractivity contribution in [2.24, 2.45) is 4.99 Å². The maximum atomic E-state index is 12.2. The molecule has 24 heavy (non-hydrogen) atoms. The standard InChI is InChI=1S/C17H25N5O.HI/c1-18-17(21-15-8-3-4-9-15)20-13-16(23)22(2)12-10-14-7-5-6-11-19-14;/h3-7,11,15H,8-10,12-13H2,1-2H3,(H2,18,20,21);1H. The smallest absolute Gasteiger partial charge is 0.241 e. The average Bonchev–Trinajstić information content (AvgIpc) is 3.10. The number of aromatic nitrogens is 1. The third-order valence-corrected chi connectivity index (χ3v) is 3.83. The topological polar surface area (TPSA) is 69.6 Å². The number of pyridine rings is 1. The number of hydrogen-bond donors (Lipinski definition) is 2. The van der Waals surface area contributed by atoms with Crippen LogP contribution >= 0.6 is 24.0 Å². The second kappa shape index (κ2) is 11.0. The van der Waals surface area contributed by atoms with E-state index in [4.69, 9.17) is 0 Å². The van der Waals surface area contributed by atoms with Crippen molar-refractivity contribution in [3.05, 3.63) is 42.2 Å². The Hall–Kier alpha value is -1.64. The molecule has 7 heteroatoms. The van der Waals surface area contributed by atoms with Crippen LogP contribution < -0.4 is 10.6 Å². The zero-order valence-electron chi connectivity index (χ0n) is 14.2. The van der Waals surface area contributed by atoms with Gasteiger partial charge in [-0.3, -0.25) is 14.8 Å². The second-order valence-corrected chi connectivity index (χ2v) is 5.60. The summed E-state index contributed by atoms with van der Waals surface area (Å²) in [6.07, 6.45) is 8.83. The van der Waals surface area contributed by atoms with Gasteiger partial charge < -0.3 is 15.5 Å². The molecular weight excluding hydrogens is 417 g/mol. The minimum absolute atomic E-state index is 0. The van der Waals surface area contributed by atoms with Crippen LogP contribution in [0.2, 0.25) is 0 Å². The number of amides is 1. The maximum Gasteiger partial charge on any atom is 0.241 e. The summed E-state index contributed by atoms with van der Waals surface area (Å²) in [6.45, 7) is 0.884. The molecule has 132 valence electrons. The summed E-state index contributed by atoms with van der Waals surface area (Å²) >= 11 is 0. The summed E-state index contributed by atoms with van der Waals surface area (Å²) in [6, 6.07) is 6.19. The first-order valence-electron chi connectivity index (χ1n) is 7.95. The van der Waals surface area contributed by atoms with Crippen LogP contribution in [0.25, 0.3) is 0 Å². The molecule has 6 nitrogen and oxygen atoms in total. The van der Waals surface area contributed by atoms with Crippen molar-refractivity contribution in [1.82, 2.24) is 20.5 Å². The van der Waals surface area contributed by atoms with Gasteiger partial charge in [-0.15, -0.1) is 24.0 Å². The van der Waals surface area contributed by atoms with Gasteiger partial charge in [0.25, 0.3) is 0 Å². The van der Waals surface area contributed by atoms with Gasteiger partial charge >= 0.3 is 0 Å². The molecule has 0 aromatic carbocycles. The quantitative estimate of drug-likeness (QED) is 0.303. The van der Waals surface area contributed by atoms with Crippen LogP contribution in [0.1, 0.15) is 18.5 Å². The lowest BCUT2D eigenvalue weighted by Gasteiger charge is -2.20. The Balaban J connectivity index is 0.00000288. The molecule has 2 rings (SSSR count). The molecule has 1 aliphatic carbocycles. The van der Waals surface area contributed by atoms with Crippen molar-refractivity contribution >= 4 is 35.8 Å². The third kappa shape index (κ3) is 6.86. The number of hydrogen-bond acceptors (Lipinski definition) is 3. The highest BCUT2D eigenvalue weighted by Crippen LogP contribution is 2.08. The summed E-state index contributed by atoms with van der Waals surface area (Å²) in [4.78, 5) is 22.3. The minimum Gasteiger partial charge on any atom is -0.353 e. The summed E-state index contributed by atoms with van der Waals surface area (Å²) in [5.74, 6) is 0.707. The van der Waals surface area contributed by atoms with Crippen LogP contribution in [0.4, 0.5) is 0 Å². The molecule has 1 heterocycles. The molecule has 1 aromatic heterocycles. The predicted octanol–water partition coefficient (Wildman–Crippen LogP) is 1.58. The number of rotatable bonds is 6. The number of aliphatic imine (C=N–C) groups is 1. The Kier molecular flexibility index (Phi) is 9.36. The number of carbonyl (C=O) groups excluding carboxylic acids is 1. The van der Waals surface area contributed by atoms with Crippen LogP contribution in [0.3, 0.4) is 0 Å². The molecule has 0 fully saturated rings. The molecular formula is C17H26IN5O. The first-order chi connectivity index (χ1) is 11.2. The lowest BCUT2D eigenvalue weighted by Crippen LogP contribution is -2.46. The van der Waals surface area contributed by atoms with Gasteiger partial charge in [0.1, 0.15) is 0 Å². The molecule has 0 spiro atoms. The fourth-order valence-corrected chi connectivity index (χ4v) is 2.37. The van der Waals surface area contributed by atoms with E-state index in [-0.39, 0.29) is 36.4 Å². The Morgan fingerprint density at radius 3 is 2.75 bits per heavy atom. The molecule has 0 unspecified atom stereocenters. The SMILES string of the molecule is CN=C(NCC(=O)N(C)CCc1ccccn1)NC1CC=CC1.I. The van der Waals surface area contributed by atoms with E-state index >= 15 is 0 Å². The van der Waals surface area contributed by atoms with Crippen molar-refractivity contribution < 1.29 is 4.79 Å². The summed E-state index contributed by atoms with van der Waals surface area (Å²) in [5.41, 5.74) is 0.992. The van der Waals surface area contributed by atoms with E-state index in [1.807, 2.05) is 25.2 Å². The summed E-state index contributed by atoms with van der Waals surface area (Å²) in [7, 11) is 3.52. The molecule has 0 atom stereocenters. The highest BCUT2D eigenvalue weighted by Gasteiger charge is 2.13. The first kappa shape index (κ1) is 20.4. The van der Waals surface area contributed by atoms with Crippen LogP contribution in [-0.2, 0) is 11.2 Å². The Morgan fingerprint density at radius 1 is 1.38 bits per heavy atom. The fraction of sp³-hybridized carbons (Fsp3) is 0.471. The normalized spacial score (nSPS) is 14.2. The van der Waals surface area contributed by atoms with Crippen LogP contribution in [0.15, 0.2) is 41.5 Å². The van der Waals surface area contributed by atoms with Gasteiger partial charge in [0.2, 0.25) is 5.91 Å². The highest BCUT2D eigenvalue weighted by atomic mass is 127. The van der Waals surface area contributed by atoms with E-state index in [0.717, 1.165) is 25.0 Å². The van der Waals surface area contributed by atoms with Gasteiger partial charge in [0, 0.05) is 45.0 Å². The summed E-state index contributed by atoms with van der Waals surface area (Å²) < 4.78 is 0. The molecule has 0 saturated heterocycles. The van der Waals surface area contributed by atoms with Gasteiger partial charge in [-0.1, -0.05) is 18.2 Å². The van der Waals surface area contributed by atoms with Crippen LogP contribution in [-0.4, -0.2) is 55.0 Å². The molecule has 1 amide bonds. The van der Waals surface area contributed by atoms with Gasteiger partial charge in [-0.25, -0.2) is 0 Å². The Labute approximate surface area is 160 Å². The van der Waals surface area contributed by atoms with E-state index in [2.05, 4.69) is 32.8 Å². The Bertz CT molecular complexity index is 553. The third-order valence-electron chi connectivity index (χ3n) is 3.83. The van der Waals surface area contributed by atoms with Crippen molar-refractivity contribution in [2.45, 2.75) is 25.3 Å². The Morgan fingerprint density at radius 2 is 2.12 bits per heavy atom. The largest absolute Gasteiger partial charge is 0.353 e. The molecule has 0 aliphatic heterocycles. The zero-order chi connectivity index (χ0) is 16.5. The zero-order valence-corrected chi connectivity index (χ0v) is 16.6. The molecule has 2 N–H and O–H groups in total. The van der Waals surface area contributed by atoms with Gasteiger partial charge in [-0.2, -0.15) is 0 Å². The van der Waals surface area contributed by atoms with E-state index in [1.165, 1.54) is 0 Å². The molecule has 1 aliphatic rings. The lowest BCUT2D eigenvalue weighted by molar-refractivity contribution is -0.128. The first-order valence-corrected chi connectivity index (χ1v) is 7.95. The van der Waals surface area contributed by atoms with Crippen LogP contribution in [0.5, 0.6) is 0 Å². The van der Waals surface area contributed by atoms with Gasteiger partial charge in [0.05, 0.1) is 6.54 Å². The van der Waals surface area contributed by atoms with Crippen molar-refractivity contribution in [3.8, 4) is 0 Å². The van der Waals surface area contributed by atoms with Gasteiger partial charge in [0.15, 0.2) is 5.96 Å². The monoisotopic (exact) mass is 443 g/mol. The number of nitrogens with zero attached hydrogens (tertiary/aromatic N) is 3. The van der Waals surface area contributed by atoms with Crippen molar-refractivity contribution in [3.63, 3.8) is 0 Å². The van der Waals surface area contributed by atoms with E-state index in [1.54, 1.807) is 18.1 Å². The minimum atomic E-state index is 0. The number of nitrogens with one attached hydrogen (secondary N) is 2. The predicted molar refractivity (Wildman–Crippen MR) is 108 cm³/mol. The van der Waals surface area contributed by atoms with Crippen LogP contribution in [0, 0.1) is 0 Å². The highest BCUT2D eigenvalue weighted by molar-refractivity contribution is 14.0. The van der Waals surface area contributed by atoms with Gasteiger partial charge in [-0.05, 0) is 25.0 Å². The number of halogens is 1.